The van der Waals surface area contributed by atoms with Gasteiger partial charge in [-0.15, -0.1) is 0 Å². The first-order valence-electron chi connectivity index (χ1n) is 12.1. The van der Waals surface area contributed by atoms with E-state index in [-0.39, 0.29) is 37.3 Å². The molecule has 2 unspecified atom stereocenters. The lowest BCUT2D eigenvalue weighted by Gasteiger charge is -2.30. The number of hydrogen-bond donors (Lipinski definition) is 2. The van der Waals surface area contributed by atoms with Crippen LogP contribution in [-0.2, 0) is 14.3 Å². The van der Waals surface area contributed by atoms with Gasteiger partial charge in [0.25, 0.3) is 0 Å². The normalized spacial score (nSPS) is 18.0. The highest BCUT2D eigenvalue weighted by Gasteiger charge is 2.32. The number of ether oxygens (including phenoxy) is 1. The van der Waals surface area contributed by atoms with Gasteiger partial charge in [0.2, 0.25) is 5.91 Å². The lowest BCUT2D eigenvalue weighted by Crippen LogP contribution is -2.50. The predicted octanol–water partition coefficient (Wildman–Crippen LogP) is 4.50. The molecule has 1 heterocycles. The lowest BCUT2D eigenvalue weighted by molar-refractivity contribution is -0.138. The summed E-state index contributed by atoms with van der Waals surface area (Å²) in [6, 6.07) is 15.3. The van der Waals surface area contributed by atoms with Crippen molar-refractivity contribution in [3.05, 3.63) is 59.7 Å². The van der Waals surface area contributed by atoms with Crippen LogP contribution in [0.3, 0.4) is 0 Å². The number of carbonyl (C=O) groups excluding carboxylic acids is 2. The molecule has 2 aromatic rings. The van der Waals surface area contributed by atoms with E-state index in [0.717, 1.165) is 53.0 Å². The van der Waals surface area contributed by atoms with Crippen LogP contribution in [-0.4, -0.2) is 65.2 Å². The Kier molecular flexibility index (Phi) is 8.33. The standard InChI is InChI=1S/C27H32N2O5S/c1-29(18-7-6-15-35-16-14-18)26(32)24(12-13-25(30)31)28-27(33)34-17-23-21-10-4-2-8-19(21)20-9-3-5-11-22(20)23/h2-5,8-11,18,23-24H,6-7,12-17H2,1H3,(H,28,33)(H,30,31). The molecular weight excluding hydrogens is 464 g/mol. The molecule has 1 aliphatic carbocycles. The van der Waals surface area contributed by atoms with E-state index in [9.17, 15) is 14.4 Å². The van der Waals surface area contributed by atoms with Gasteiger partial charge in [-0.2, -0.15) is 11.8 Å². The van der Waals surface area contributed by atoms with Crippen LogP contribution < -0.4 is 5.32 Å². The SMILES string of the molecule is CN(C(=O)C(CCC(=O)O)NC(=O)OCC1c2ccccc2-c2ccccc21)C1CCCSCC1. The quantitative estimate of drug-likeness (QED) is 0.559. The van der Waals surface area contributed by atoms with E-state index < -0.39 is 18.1 Å². The first-order valence-corrected chi connectivity index (χ1v) is 13.3. The summed E-state index contributed by atoms with van der Waals surface area (Å²) in [5, 5.41) is 11.8. The summed E-state index contributed by atoms with van der Waals surface area (Å²) in [5.74, 6) is 0.704. The number of carbonyl (C=O) groups is 3. The van der Waals surface area contributed by atoms with Crippen molar-refractivity contribution >= 4 is 29.7 Å². The van der Waals surface area contributed by atoms with E-state index in [0.29, 0.717) is 0 Å². The topological polar surface area (TPSA) is 95.9 Å². The summed E-state index contributed by atoms with van der Waals surface area (Å²) in [4.78, 5) is 38.9. The first kappa shape index (κ1) is 25.1. The zero-order valence-electron chi connectivity index (χ0n) is 19.9. The third kappa shape index (κ3) is 5.99. The highest BCUT2D eigenvalue weighted by molar-refractivity contribution is 7.99. The van der Waals surface area contributed by atoms with Gasteiger partial charge in [0.05, 0.1) is 0 Å². The van der Waals surface area contributed by atoms with E-state index >= 15 is 0 Å². The van der Waals surface area contributed by atoms with Crippen molar-refractivity contribution in [2.24, 2.45) is 0 Å². The van der Waals surface area contributed by atoms with Crippen LogP contribution in [0.25, 0.3) is 11.1 Å². The first-order chi connectivity index (χ1) is 17.0. The number of benzene rings is 2. The summed E-state index contributed by atoms with van der Waals surface area (Å²) in [6.45, 7) is 0.134. The monoisotopic (exact) mass is 496 g/mol. The predicted molar refractivity (Wildman–Crippen MR) is 137 cm³/mol. The van der Waals surface area contributed by atoms with Crippen molar-refractivity contribution in [1.29, 1.82) is 0 Å². The Labute approximate surface area is 210 Å². The second kappa shape index (κ2) is 11.6. The van der Waals surface area contributed by atoms with E-state index in [2.05, 4.69) is 17.4 Å². The van der Waals surface area contributed by atoms with Crippen LogP contribution in [0.15, 0.2) is 48.5 Å². The number of nitrogens with one attached hydrogen (secondary N) is 1. The van der Waals surface area contributed by atoms with Gasteiger partial charge in [0.15, 0.2) is 0 Å². The fourth-order valence-corrected chi connectivity index (χ4v) is 6.02. The third-order valence-electron chi connectivity index (χ3n) is 6.90. The van der Waals surface area contributed by atoms with Crippen LogP contribution in [0.4, 0.5) is 4.79 Å². The maximum atomic E-state index is 13.2. The fraction of sp³-hybridized carbons (Fsp3) is 0.444. The second-order valence-corrected chi connectivity index (χ2v) is 10.3. The number of hydrogen-bond acceptors (Lipinski definition) is 5. The molecule has 2 N–H and O–H groups in total. The molecule has 0 saturated carbocycles. The number of carboxylic acid groups (broad SMARTS) is 1. The Morgan fingerprint density at radius 1 is 1.06 bits per heavy atom. The smallest absolute Gasteiger partial charge is 0.407 e. The van der Waals surface area contributed by atoms with Gasteiger partial charge >= 0.3 is 12.1 Å². The van der Waals surface area contributed by atoms with Gasteiger partial charge in [0.1, 0.15) is 12.6 Å². The third-order valence-corrected chi connectivity index (χ3v) is 8.00. The molecule has 0 radical (unpaired) electrons. The van der Waals surface area contributed by atoms with Crippen LogP contribution in [0, 0.1) is 0 Å². The number of likely N-dealkylation sites (N-methyl/N-ethyl adjacent to an activating group) is 1. The Balaban J connectivity index is 1.42. The highest BCUT2D eigenvalue weighted by Crippen LogP contribution is 2.44. The molecule has 8 heteroatoms. The van der Waals surface area contributed by atoms with Crippen molar-refractivity contribution in [1.82, 2.24) is 10.2 Å². The average Bonchev–Trinajstić information content (AvgIpc) is 3.00. The lowest BCUT2D eigenvalue weighted by atomic mass is 9.98. The fourth-order valence-electron chi connectivity index (χ4n) is 5.01. The van der Waals surface area contributed by atoms with Gasteiger partial charge in [-0.25, -0.2) is 4.79 Å². The number of rotatable bonds is 8. The van der Waals surface area contributed by atoms with E-state index in [1.54, 1.807) is 11.9 Å². The number of thioether (sulfide) groups is 1. The Morgan fingerprint density at radius 3 is 2.37 bits per heavy atom. The van der Waals surface area contributed by atoms with Gasteiger partial charge < -0.3 is 20.1 Å². The van der Waals surface area contributed by atoms with Crippen LogP contribution >= 0.6 is 11.8 Å². The molecule has 35 heavy (non-hydrogen) atoms. The van der Waals surface area contributed by atoms with Crippen molar-refractivity contribution in [2.75, 3.05) is 25.2 Å². The molecule has 2 aliphatic rings. The molecule has 1 aliphatic heterocycles. The van der Waals surface area contributed by atoms with Gasteiger partial charge in [-0.3, -0.25) is 9.59 Å². The van der Waals surface area contributed by atoms with Crippen molar-refractivity contribution in [2.45, 2.75) is 50.1 Å². The molecule has 2 atom stereocenters. The minimum absolute atomic E-state index is 0.0180. The van der Waals surface area contributed by atoms with Crippen molar-refractivity contribution < 1.29 is 24.2 Å². The molecular formula is C27H32N2O5S. The maximum Gasteiger partial charge on any atom is 0.407 e. The van der Waals surface area contributed by atoms with Gasteiger partial charge in [-0.1, -0.05) is 48.5 Å². The van der Waals surface area contributed by atoms with Crippen LogP contribution in [0.1, 0.15) is 49.1 Å². The number of aliphatic carboxylic acids is 1. The molecule has 0 spiro atoms. The van der Waals surface area contributed by atoms with E-state index in [4.69, 9.17) is 9.84 Å². The maximum absolute atomic E-state index is 13.2. The molecule has 0 aromatic heterocycles. The number of fused-ring (bicyclic) bond motifs is 3. The minimum Gasteiger partial charge on any atom is -0.481 e. The molecule has 2 aromatic carbocycles. The molecule has 0 bridgehead atoms. The number of amides is 2. The van der Waals surface area contributed by atoms with Crippen LogP contribution in [0.5, 0.6) is 0 Å². The highest BCUT2D eigenvalue weighted by atomic mass is 32.2. The molecule has 1 saturated heterocycles. The van der Waals surface area contributed by atoms with Crippen LogP contribution in [0.2, 0.25) is 0 Å². The largest absolute Gasteiger partial charge is 0.481 e. The molecule has 1 fully saturated rings. The van der Waals surface area contributed by atoms with E-state index in [1.165, 1.54) is 0 Å². The number of alkyl carbamates (subject to hydrolysis) is 1. The summed E-state index contributed by atoms with van der Waals surface area (Å²) in [6.07, 6.45) is 1.93. The summed E-state index contributed by atoms with van der Waals surface area (Å²) in [5.41, 5.74) is 4.47. The molecule has 2 amide bonds. The Morgan fingerprint density at radius 2 is 1.71 bits per heavy atom. The van der Waals surface area contributed by atoms with Gasteiger partial charge in [0, 0.05) is 25.4 Å². The zero-order valence-corrected chi connectivity index (χ0v) is 20.8. The molecule has 7 nitrogen and oxygen atoms in total. The molecule has 4 rings (SSSR count). The van der Waals surface area contributed by atoms with Gasteiger partial charge in [-0.05, 0) is 59.4 Å². The summed E-state index contributed by atoms with van der Waals surface area (Å²) < 4.78 is 5.60. The zero-order chi connectivity index (χ0) is 24.8. The average molecular weight is 497 g/mol. The van der Waals surface area contributed by atoms with E-state index in [1.807, 2.05) is 48.2 Å². The second-order valence-electron chi connectivity index (χ2n) is 9.10. The van der Waals surface area contributed by atoms with Crippen molar-refractivity contribution in [3.8, 4) is 11.1 Å². The number of carboxylic acids is 1. The Bertz CT molecular complexity index is 1020. The summed E-state index contributed by atoms with van der Waals surface area (Å²) in [7, 11) is 1.75. The number of nitrogens with zero attached hydrogens (tertiary/aromatic N) is 1. The summed E-state index contributed by atoms with van der Waals surface area (Å²) >= 11 is 1.89. The van der Waals surface area contributed by atoms with Crippen molar-refractivity contribution in [3.63, 3.8) is 0 Å². The molecule has 186 valence electrons. The minimum atomic E-state index is -1.01. The Hall–Kier alpha value is -3.00.